The van der Waals surface area contributed by atoms with Crippen molar-refractivity contribution in [3.05, 3.63) is 17.8 Å². The molecule has 0 bridgehead atoms. The summed E-state index contributed by atoms with van der Waals surface area (Å²) in [5.74, 6) is -1.22. The third-order valence-electron chi connectivity index (χ3n) is 2.80. The van der Waals surface area contributed by atoms with Gasteiger partial charge in [0.2, 0.25) is 0 Å². The fourth-order valence-corrected chi connectivity index (χ4v) is 1.32. The summed E-state index contributed by atoms with van der Waals surface area (Å²) in [6.07, 6.45) is 0. The molecule has 19 heavy (non-hydrogen) atoms. The standard InChI is InChI=1S/C12H18N4O3/c1-7(12(18)19)8(2)13-10-6-5-9(14-15-10)11(17)16(3)4/h5-8H,1-4H3,(H,13,15)(H,18,19). The van der Waals surface area contributed by atoms with Crippen LogP contribution in [-0.4, -0.2) is 52.2 Å². The Bertz CT molecular complexity index is 459. The number of nitrogens with one attached hydrogen (secondary N) is 1. The van der Waals surface area contributed by atoms with E-state index in [-0.39, 0.29) is 17.6 Å². The van der Waals surface area contributed by atoms with Gasteiger partial charge in [0.25, 0.3) is 5.91 Å². The molecule has 0 radical (unpaired) electrons. The molecule has 0 aliphatic heterocycles. The molecular formula is C12H18N4O3. The van der Waals surface area contributed by atoms with Gasteiger partial charge < -0.3 is 15.3 Å². The van der Waals surface area contributed by atoms with E-state index in [9.17, 15) is 9.59 Å². The fourth-order valence-electron chi connectivity index (χ4n) is 1.32. The van der Waals surface area contributed by atoms with Gasteiger partial charge >= 0.3 is 5.97 Å². The summed E-state index contributed by atoms with van der Waals surface area (Å²) in [6.45, 7) is 3.36. The molecular weight excluding hydrogens is 248 g/mol. The quantitative estimate of drug-likeness (QED) is 0.814. The van der Waals surface area contributed by atoms with Crippen molar-refractivity contribution in [2.75, 3.05) is 19.4 Å². The second-order valence-electron chi connectivity index (χ2n) is 4.56. The number of hydrogen-bond acceptors (Lipinski definition) is 5. The lowest BCUT2D eigenvalue weighted by Gasteiger charge is -2.18. The van der Waals surface area contributed by atoms with Gasteiger partial charge in [0.05, 0.1) is 5.92 Å². The van der Waals surface area contributed by atoms with Crippen LogP contribution < -0.4 is 5.32 Å². The van der Waals surface area contributed by atoms with Crippen molar-refractivity contribution >= 4 is 17.7 Å². The van der Waals surface area contributed by atoms with E-state index in [2.05, 4.69) is 15.5 Å². The van der Waals surface area contributed by atoms with Crippen LogP contribution in [0.4, 0.5) is 5.82 Å². The van der Waals surface area contributed by atoms with Crippen molar-refractivity contribution in [1.82, 2.24) is 15.1 Å². The number of carboxylic acids is 1. The highest BCUT2D eigenvalue weighted by atomic mass is 16.4. The number of hydrogen-bond donors (Lipinski definition) is 2. The average molecular weight is 266 g/mol. The molecule has 2 unspecified atom stereocenters. The Balaban J connectivity index is 2.72. The number of aromatic nitrogens is 2. The molecule has 0 aliphatic carbocycles. The van der Waals surface area contributed by atoms with Gasteiger partial charge in [0.15, 0.2) is 5.69 Å². The molecule has 1 amide bonds. The van der Waals surface area contributed by atoms with Crippen LogP contribution in [0.5, 0.6) is 0 Å². The first-order valence-electron chi connectivity index (χ1n) is 5.87. The van der Waals surface area contributed by atoms with Crippen LogP contribution in [0.3, 0.4) is 0 Å². The Morgan fingerprint density at radius 3 is 2.32 bits per heavy atom. The average Bonchev–Trinajstić information content (AvgIpc) is 2.37. The lowest BCUT2D eigenvalue weighted by Crippen LogP contribution is -2.30. The predicted octanol–water partition coefficient (Wildman–Crippen LogP) is 0.699. The summed E-state index contributed by atoms with van der Waals surface area (Å²) in [5, 5.41) is 19.5. The SMILES string of the molecule is CC(Nc1ccc(C(=O)N(C)C)nn1)C(C)C(=O)O. The van der Waals surface area contributed by atoms with Gasteiger partial charge in [-0.2, -0.15) is 0 Å². The van der Waals surface area contributed by atoms with Crippen molar-refractivity contribution < 1.29 is 14.7 Å². The summed E-state index contributed by atoms with van der Waals surface area (Å²) in [7, 11) is 3.26. The van der Waals surface area contributed by atoms with E-state index in [1.807, 2.05) is 0 Å². The molecule has 0 spiro atoms. The number of rotatable bonds is 5. The van der Waals surface area contributed by atoms with Crippen LogP contribution in [-0.2, 0) is 4.79 Å². The molecule has 1 rings (SSSR count). The highest BCUT2D eigenvalue weighted by Gasteiger charge is 2.19. The van der Waals surface area contributed by atoms with E-state index in [1.165, 1.54) is 4.90 Å². The third-order valence-corrected chi connectivity index (χ3v) is 2.80. The molecule has 0 saturated heterocycles. The molecule has 0 aliphatic rings. The highest BCUT2D eigenvalue weighted by Crippen LogP contribution is 2.10. The van der Waals surface area contributed by atoms with E-state index >= 15 is 0 Å². The molecule has 0 aromatic carbocycles. The van der Waals surface area contributed by atoms with Gasteiger partial charge in [-0.3, -0.25) is 9.59 Å². The first-order chi connectivity index (χ1) is 8.82. The van der Waals surface area contributed by atoms with Gasteiger partial charge in [0.1, 0.15) is 5.82 Å². The van der Waals surface area contributed by atoms with E-state index in [0.717, 1.165) is 0 Å². The number of carbonyl (C=O) groups is 2. The summed E-state index contributed by atoms with van der Waals surface area (Å²) in [4.78, 5) is 23.8. The van der Waals surface area contributed by atoms with Gasteiger partial charge in [-0.25, -0.2) is 0 Å². The molecule has 1 aromatic heterocycles. The zero-order valence-electron chi connectivity index (χ0n) is 11.4. The molecule has 2 N–H and O–H groups in total. The third kappa shape index (κ3) is 3.90. The van der Waals surface area contributed by atoms with Gasteiger partial charge in [-0.15, -0.1) is 10.2 Å². The van der Waals surface area contributed by atoms with Crippen molar-refractivity contribution in [3.63, 3.8) is 0 Å². The molecule has 0 saturated carbocycles. The zero-order valence-corrected chi connectivity index (χ0v) is 11.4. The monoisotopic (exact) mass is 266 g/mol. The van der Waals surface area contributed by atoms with Crippen molar-refractivity contribution in [1.29, 1.82) is 0 Å². The van der Waals surface area contributed by atoms with Crippen molar-refractivity contribution in [3.8, 4) is 0 Å². The zero-order chi connectivity index (χ0) is 14.6. The molecule has 104 valence electrons. The van der Waals surface area contributed by atoms with Crippen LogP contribution in [0.25, 0.3) is 0 Å². The fraction of sp³-hybridized carbons (Fsp3) is 0.500. The second-order valence-corrected chi connectivity index (χ2v) is 4.56. The molecule has 2 atom stereocenters. The van der Waals surface area contributed by atoms with Crippen molar-refractivity contribution in [2.24, 2.45) is 5.92 Å². The Labute approximate surface area is 111 Å². The minimum atomic E-state index is -0.882. The van der Waals surface area contributed by atoms with Gasteiger partial charge in [-0.05, 0) is 26.0 Å². The van der Waals surface area contributed by atoms with Crippen LogP contribution >= 0.6 is 0 Å². The first kappa shape index (κ1) is 14.9. The number of anilines is 1. The van der Waals surface area contributed by atoms with E-state index in [4.69, 9.17) is 5.11 Å². The van der Waals surface area contributed by atoms with Crippen LogP contribution in [0.1, 0.15) is 24.3 Å². The number of nitrogens with zero attached hydrogens (tertiary/aromatic N) is 3. The molecule has 1 aromatic rings. The largest absolute Gasteiger partial charge is 0.481 e. The highest BCUT2D eigenvalue weighted by molar-refractivity contribution is 5.91. The summed E-state index contributed by atoms with van der Waals surface area (Å²) in [6, 6.07) is 2.87. The Morgan fingerprint density at radius 1 is 1.26 bits per heavy atom. The smallest absolute Gasteiger partial charge is 0.308 e. The first-order valence-corrected chi connectivity index (χ1v) is 5.87. The van der Waals surface area contributed by atoms with Crippen LogP contribution in [0, 0.1) is 5.92 Å². The van der Waals surface area contributed by atoms with E-state index in [0.29, 0.717) is 5.82 Å². The summed E-state index contributed by atoms with van der Waals surface area (Å²) < 4.78 is 0. The maximum absolute atomic E-state index is 11.6. The number of carbonyl (C=O) groups excluding carboxylic acids is 1. The normalized spacial score (nSPS) is 13.5. The lowest BCUT2D eigenvalue weighted by atomic mass is 10.0. The maximum atomic E-state index is 11.6. The summed E-state index contributed by atoms with van der Waals surface area (Å²) >= 11 is 0. The maximum Gasteiger partial charge on any atom is 0.308 e. The second kappa shape index (κ2) is 6.12. The van der Waals surface area contributed by atoms with Crippen LogP contribution in [0.15, 0.2) is 12.1 Å². The Hall–Kier alpha value is -2.18. The Morgan fingerprint density at radius 2 is 1.89 bits per heavy atom. The minimum absolute atomic E-state index is 0.231. The van der Waals surface area contributed by atoms with Crippen molar-refractivity contribution in [2.45, 2.75) is 19.9 Å². The number of amides is 1. The topological polar surface area (TPSA) is 95.4 Å². The van der Waals surface area contributed by atoms with Crippen LogP contribution in [0.2, 0.25) is 0 Å². The molecule has 7 heteroatoms. The Kier molecular flexibility index (Phi) is 4.80. The van der Waals surface area contributed by atoms with E-state index in [1.54, 1.807) is 40.1 Å². The molecule has 1 heterocycles. The number of aliphatic carboxylic acids is 1. The predicted molar refractivity (Wildman–Crippen MR) is 69.9 cm³/mol. The van der Waals surface area contributed by atoms with E-state index < -0.39 is 11.9 Å². The number of carboxylic acid groups (broad SMARTS) is 1. The molecule has 7 nitrogen and oxygen atoms in total. The summed E-state index contributed by atoms with van der Waals surface area (Å²) in [5.41, 5.74) is 0.245. The van der Waals surface area contributed by atoms with Gasteiger partial charge in [0, 0.05) is 20.1 Å². The molecule has 0 fully saturated rings. The van der Waals surface area contributed by atoms with Gasteiger partial charge in [-0.1, -0.05) is 0 Å². The lowest BCUT2D eigenvalue weighted by molar-refractivity contribution is -0.141. The minimum Gasteiger partial charge on any atom is -0.481 e.